The standard InChI is InChI=1S/C16H16N2O6S2/c19-10-4-3-9(11(20)7-10)6-12-15(24)18(16(25)26-12)8-13(21)17-5-1-2-14(22)23/h3-4,6-7,19-20H,1-2,5,8H2,(H,17,21)(H,22,23)/b12-6-. The molecule has 1 aromatic rings. The zero-order valence-corrected chi connectivity index (χ0v) is 15.1. The van der Waals surface area contributed by atoms with Crippen LogP contribution in [0.1, 0.15) is 18.4 Å². The van der Waals surface area contributed by atoms with Crippen LogP contribution in [0.25, 0.3) is 6.08 Å². The van der Waals surface area contributed by atoms with Gasteiger partial charge in [0.15, 0.2) is 0 Å². The molecule has 1 aliphatic rings. The highest BCUT2D eigenvalue weighted by Crippen LogP contribution is 2.34. The van der Waals surface area contributed by atoms with Crippen molar-refractivity contribution in [3.63, 3.8) is 0 Å². The third-order valence-corrected chi connectivity index (χ3v) is 4.74. The highest BCUT2D eigenvalue weighted by atomic mass is 32.2. The molecule has 10 heteroatoms. The Morgan fingerprint density at radius 1 is 1.31 bits per heavy atom. The molecule has 0 radical (unpaired) electrons. The van der Waals surface area contributed by atoms with Crippen LogP contribution in [0.3, 0.4) is 0 Å². The zero-order valence-electron chi connectivity index (χ0n) is 13.5. The summed E-state index contributed by atoms with van der Waals surface area (Å²) in [5.41, 5.74) is 0.335. The number of benzene rings is 1. The normalized spacial score (nSPS) is 15.5. The van der Waals surface area contributed by atoms with E-state index in [2.05, 4.69) is 5.32 Å². The number of aliphatic carboxylic acids is 1. The van der Waals surface area contributed by atoms with Crippen LogP contribution in [-0.2, 0) is 14.4 Å². The van der Waals surface area contributed by atoms with Gasteiger partial charge in [0.25, 0.3) is 5.91 Å². The minimum Gasteiger partial charge on any atom is -0.508 e. The minimum atomic E-state index is -0.946. The van der Waals surface area contributed by atoms with Crippen LogP contribution in [0.15, 0.2) is 23.1 Å². The van der Waals surface area contributed by atoms with E-state index in [-0.39, 0.29) is 40.2 Å². The quantitative estimate of drug-likeness (QED) is 0.308. The van der Waals surface area contributed by atoms with Crippen molar-refractivity contribution in [2.75, 3.05) is 13.1 Å². The van der Waals surface area contributed by atoms with Crippen LogP contribution in [0, 0.1) is 0 Å². The van der Waals surface area contributed by atoms with E-state index in [1.807, 2.05) is 0 Å². The van der Waals surface area contributed by atoms with E-state index in [4.69, 9.17) is 17.3 Å². The predicted octanol–water partition coefficient (Wildman–Crippen LogP) is 1.28. The Bertz CT molecular complexity index is 793. The third-order valence-electron chi connectivity index (χ3n) is 3.37. The van der Waals surface area contributed by atoms with Gasteiger partial charge in [0.1, 0.15) is 22.4 Å². The molecule has 0 unspecified atom stereocenters. The van der Waals surface area contributed by atoms with Crippen molar-refractivity contribution in [2.45, 2.75) is 12.8 Å². The maximum atomic E-state index is 12.4. The number of thiocarbonyl (C=S) groups is 1. The number of carbonyl (C=O) groups is 3. The lowest BCUT2D eigenvalue weighted by atomic mass is 10.1. The summed E-state index contributed by atoms with van der Waals surface area (Å²) in [6.45, 7) is -0.0756. The second-order valence-corrected chi connectivity index (χ2v) is 7.03. The van der Waals surface area contributed by atoms with Gasteiger partial charge in [-0.3, -0.25) is 19.3 Å². The zero-order chi connectivity index (χ0) is 19.3. The lowest BCUT2D eigenvalue weighted by Gasteiger charge is -2.14. The molecule has 1 saturated heterocycles. The molecule has 1 aliphatic heterocycles. The summed E-state index contributed by atoms with van der Waals surface area (Å²) < 4.78 is 0.209. The molecular weight excluding hydrogens is 380 g/mol. The molecule has 2 amide bonds. The third kappa shape index (κ3) is 5.20. The summed E-state index contributed by atoms with van der Waals surface area (Å²) in [7, 11) is 0. The maximum absolute atomic E-state index is 12.4. The number of rotatable bonds is 7. The van der Waals surface area contributed by atoms with Gasteiger partial charge in [-0.15, -0.1) is 0 Å². The monoisotopic (exact) mass is 396 g/mol. The molecule has 0 atom stereocenters. The summed E-state index contributed by atoms with van der Waals surface area (Å²) in [6, 6.07) is 3.97. The number of nitrogens with zero attached hydrogens (tertiary/aromatic N) is 1. The van der Waals surface area contributed by atoms with Gasteiger partial charge < -0.3 is 20.6 Å². The van der Waals surface area contributed by atoms with Gasteiger partial charge in [0.05, 0.1) is 4.91 Å². The molecule has 138 valence electrons. The number of carboxylic acid groups (broad SMARTS) is 1. The molecule has 4 N–H and O–H groups in total. The molecule has 0 aromatic heterocycles. The molecule has 1 aromatic carbocycles. The highest BCUT2D eigenvalue weighted by molar-refractivity contribution is 8.26. The first-order valence-corrected chi connectivity index (χ1v) is 8.76. The number of hydrogen-bond acceptors (Lipinski definition) is 7. The molecule has 0 saturated carbocycles. The number of amides is 2. The topological polar surface area (TPSA) is 127 Å². The van der Waals surface area contributed by atoms with Crippen LogP contribution < -0.4 is 5.32 Å². The first kappa shape index (κ1) is 19.7. The smallest absolute Gasteiger partial charge is 0.303 e. The van der Waals surface area contributed by atoms with Crippen LogP contribution in [-0.4, -0.2) is 55.4 Å². The number of hydrogen-bond donors (Lipinski definition) is 4. The Morgan fingerprint density at radius 3 is 2.69 bits per heavy atom. The summed E-state index contributed by atoms with van der Waals surface area (Å²) >= 11 is 6.12. The molecule has 8 nitrogen and oxygen atoms in total. The maximum Gasteiger partial charge on any atom is 0.303 e. The fourth-order valence-corrected chi connectivity index (χ4v) is 3.34. The number of carboxylic acids is 1. The number of thioether (sulfide) groups is 1. The van der Waals surface area contributed by atoms with Gasteiger partial charge in [-0.05, 0) is 24.6 Å². The molecule has 0 aliphatic carbocycles. The number of phenolic OH excluding ortho intramolecular Hbond substituents is 2. The van der Waals surface area contributed by atoms with E-state index in [1.165, 1.54) is 18.2 Å². The first-order chi connectivity index (χ1) is 12.3. The molecule has 2 rings (SSSR count). The first-order valence-electron chi connectivity index (χ1n) is 7.54. The lowest BCUT2D eigenvalue weighted by Crippen LogP contribution is -2.39. The SMILES string of the molecule is O=C(O)CCCNC(=O)CN1C(=O)/C(=C/c2ccc(O)cc2O)SC1=S. The summed E-state index contributed by atoms with van der Waals surface area (Å²) in [6.07, 6.45) is 1.67. The lowest BCUT2D eigenvalue weighted by molar-refractivity contribution is -0.137. The Balaban J connectivity index is 1.98. The number of carbonyl (C=O) groups excluding carboxylic acids is 2. The molecule has 26 heavy (non-hydrogen) atoms. The summed E-state index contributed by atoms with van der Waals surface area (Å²) in [5, 5.41) is 30.2. The van der Waals surface area contributed by atoms with Gasteiger partial charge in [0, 0.05) is 24.6 Å². The fraction of sp³-hybridized carbons (Fsp3) is 0.250. The fourth-order valence-electron chi connectivity index (χ4n) is 2.10. The summed E-state index contributed by atoms with van der Waals surface area (Å²) in [4.78, 5) is 36.1. The Hall–Kier alpha value is -2.59. The summed E-state index contributed by atoms with van der Waals surface area (Å²) in [5.74, 6) is -2.15. The van der Waals surface area contributed by atoms with Crippen molar-refractivity contribution in [3.05, 3.63) is 28.7 Å². The van der Waals surface area contributed by atoms with E-state index in [1.54, 1.807) is 0 Å². The van der Waals surface area contributed by atoms with Crippen molar-refractivity contribution < 1.29 is 29.7 Å². The molecule has 0 spiro atoms. The second kappa shape index (κ2) is 8.68. The van der Waals surface area contributed by atoms with Gasteiger partial charge in [-0.25, -0.2) is 0 Å². The molecular formula is C16H16N2O6S2. The van der Waals surface area contributed by atoms with E-state index in [9.17, 15) is 24.6 Å². The van der Waals surface area contributed by atoms with E-state index < -0.39 is 17.8 Å². The van der Waals surface area contributed by atoms with Crippen LogP contribution in [0.5, 0.6) is 11.5 Å². The van der Waals surface area contributed by atoms with E-state index in [0.717, 1.165) is 22.7 Å². The van der Waals surface area contributed by atoms with Crippen LogP contribution in [0.2, 0.25) is 0 Å². The van der Waals surface area contributed by atoms with Crippen molar-refractivity contribution in [1.29, 1.82) is 0 Å². The van der Waals surface area contributed by atoms with E-state index in [0.29, 0.717) is 12.0 Å². The van der Waals surface area contributed by atoms with E-state index >= 15 is 0 Å². The van der Waals surface area contributed by atoms with Gasteiger partial charge in [0.2, 0.25) is 5.91 Å². The Morgan fingerprint density at radius 2 is 2.04 bits per heavy atom. The van der Waals surface area contributed by atoms with Crippen LogP contribution in [0.4, 0.5) is 0 Å². The second-order valence-electron chi connectivity index (χ2n) is 5.36. The Labute approximate surface area is 158 Å². The minimum absolute atomic E-state index is 0.0554. The largest absolute Gasteiger partial charge is 0.508 e. The highest BCUT2D eigenvalue weighted by Gasteiger charge is 2.33. The molecule has 1 fully saturated rings. The van der Waals surface area contributed by atoms with Gasteiger partial charge in [-0.1, -0.05) is 24.0 Å². The van der Waals surface area contributed by atoms with Crippen molar-refractivity contribution in [1.82, 2.24) is 10.2 Å². The molecule has 1 heterocycles. The Kier molecular flexibility index (Phi) is 6.58. The van der Waals surface area contributed by atoms with Gasteiger partial charge in [-0.2, -0.15) is 0 Å². The van der Waals surface area contributed by atoms with Crippen molar-refractivity contribution >= 4 is 52.2 Å². The van der Waals surface area contributed by atoms with Gasteiger partial charge >= 0.3 is 5.97 Å². The molecule has 0 bridgehead atoms. The number of phenols is 2. The van der Waals surface area contributed by atoms with Crippen LogP contribution >= 0.6 is 24.0 Å². The number of aromatic hydroxyl groups is 2. The predicted molar refractivity (Wildman–Crippen MR) is 99.5 cm³/mol. The average molecular weight is 396 g/mol. The van der Waals surface area contributed by atoms with Crippen molar-refractivity contribution in [3.8, 4) is 11.5 Å². The number of nitrogens with one attached hydrogen (secondary N) is 1. The van der Waals surface area contributed by atoms with Crippen molar-refractivity contribution in [2.24, 2.45) is 0 Å². The average Bonchev–Trinajstić information content (AvgIpc) is 2.81.